The van der Waals surface area contributed by atoms with Crippen molar-refractivity contribution in [2.75, 3.05) is 46.9 Å². The lowest BCUT2D eigenvalue weighted by Crippen LogP contribution is -2.38. The van der Waals surface area contributed by atoms with E-state index in [1.54, 1.807) is 20.3 Å². The molecule has 2 saturated heterocycles. The number of likely N-dealkylation sites (tertiary alicyclic amines) is 2. The molecule has 0 bridgehead atoms. The zero-order valence-corrected chi connectivity index (χ0v) is 21.9. The highest BCUT2D eigenvalue weighted by Crippen LogP contribution is 2.36. The Morgan fingerprint density at radius 2 is 1.67 bits per heavy atom. The summed E-state index contributed by atoms with van der Waals surface area (Å²) in [7, 11) is 3.27. The summed E-state index contributed by atoms with van der Waals surface area (Å²) in [6.07, 6.45) is 16.3. The Balaban J connectivity index is 1.32. The van der Waals surface area contributed by atoms with E-state index in [-0.39, 0.29) is 11.8 Å². The quantitative estimate of drug-likeness (QED) is 0.559. The summed E-state index contributed by atoms with van der Waals surface area (Å²) in [6, 6.07) is 5.87. The van der Waals surface area contributed by atoms with E-state index in [0.717, 1.165) is 48.0 Å². The fourth-order valence-electron chi connectivity index (χ4n) is 5.90. The standard InChI is InChI=1S/C30H39N3O3/c1-22-6-8-25-9-10-26(32-16-12-23(13-17-32)20-31-14-4-5-15-31)21-33(25)30(34)19-27(22)24-7-11-28(35-2)29(18-24)36-3/h7-11,18-19,21-23H,4-6,12-17,20H2,1-3H3. The second kappa shape index (κ2) is 11.0. The highest BCUT2D eigenvalue weighted by atomic mass is 16.5. The van der Waals surface area contributed by atoms with E-state index in [9.17, 15) is 4.79 Å². The average Bonchev–Trinajstić information content (AvgIpc) is 3.42. The zero-order valence-electron chi connectivity index (χ0n) is 21.9. The molecule has 1 amide bonds. The van der Waals surface area contributed by atoms with Crippen LogP contribution in [-0.4, -0.2) is 67.6 Å². The van der Waals surface area contributed by atoms with Gasteiger partial charge in [0.1, 0.15) is 0 Å². The molecule has 0 N–H and O–H groups in total. The van der Waals surface area contributed by atoms with Crippen LogP contribution in [0.15, 0.2) is 60.1 Å². The first kappa shape index (κ1) is 24.7. The first-order chi connectivity index (χ1) is 17.6. The van der Waals surface area contributed by atoms with Gasteiger partial charge in [-0.2, -0.15) is 0 Å². The molecular weight excluding hydrogens is 450 g/mol. The molecule has 192 valence electrons. The van der Waals surface area contributed by atoms with Crippen molar-refractivity contribution in [2.24, 2.45) is 11.8 Å². The van der Waals surface area contributed by atoms with Gasteiger partial charge in [-0.25, -0.2) is 0 Å². The maximum absolute atomic E-state index is 13.5. The minimum atomic E-state index is -0.0108. The van der Waals surface area contributed by atoms with Crippen LogP contribution in [0.1, 0.15) is 44.6 Å². The van der Waals surface area contributed by atoms with E-state index in [0.29, 0.717) is 11.5 Å². The summed E-state index contributed by atoms with van der Waals surface area (Å²) < 4.78 is 10.9. The fraction of sp³-hybridized carbons (Fsp3) is 0.500. The molecule has 4 aliphatic heterocycles. The number of piperidine rings is 1. The Morgan fingerprint density at radius 3 is 2.39 bits per heavy atom. The van der Waals surface area contributed by atoms with Gasteiger partial charge in [-0.05, 0) is 92.5 Å². The molecule has 1 unspecified atom stereocenters. The zero-order chi connectivity index (χ0) is 25.1. The SMILES string of the molecule is COc1ccc(C2=CC(=O)N3C=C(N4CCC(CN5CCCC5)CC4)C=CC3=CCC2C)cc1OC. The Hall–Kier alpha value is -2.99. The Bertz CT molecular complexity index is 1090. The number of allylic oxidation sites excluding steroid dienone is 4. The van der Waals surface area contributed by atoms with Crippen molar-refractivity contribution < 1.29 is 14.3 Å². The third-order valence-electron chi connectivity index (χ3n) is 8.10. The van der Waals surface area contributed by atoms with Crippen molar-refractivity contribution in [3.05, 3.63) is 65.7 Å². The van der Waals surface area contributed by atoms with Gasteiger partial charge < -0.3 is 19.3 Å². The van der Waals surface area contributed by atoms with Crippen LogP contribution in [0.25, 0.3) is 5.57 Å². The molecule has 0 radical (unpaired) electrons. The van der Waals surface area contributed by atoms with Crippen molar-refractivity contribution in [3.63, 3.8) is 0 Å². The number of ether oxygens (including phenoxy) is 2. The molecule has 0 aliphatic carbocycles. The van der Waals surface area contributed by atoms with Gasteiger partial charge in [0.2, 0.25) is 0 Å². The number of methoxy groups -OCH3 is 2. The van der Waals surface area contributed by atoms with Crippen LogP contribution >= 0.6 is 0 Å². The summed E-state index contributed by atoms with van der Waals surface area (Å²) in [5.41, 5.74) is 4.10. The third-order valence-corrected chi connectivity index (χ3v) is 8.10. The topological polar surface area (TPSA) is 45.2 Å². The number of carbonyl (C=O) groups excluding carboxylic acids is 1. The molecule has 1 atom stereocenters. The smallest absolute Gasteiger partial charge is 0.255 e. The molecule has 4 aliphatic rings. The number of hydrogen-bond acceptors (Lipinski definition) is 5. The van der Waals surface area contributed by atoms with Gasteiger partial charge >= 0.3 is 0 Å². The normalized spacial score (nSPS) is 23.5. The van der Waals surface area contributed by atoms with Crippen LogP contribution in [0.3, 0.4) is 0 Å². The predicted octanol–water partition coefficient (Wildman–Crippen LogP) is 5.06. The number of nitrogens with zero attached hydrogens (tertiary/aromatic N) is 3. The molecule has 1 aromatic rings. The highest BCUT2D eigenvalue weighted by Gasteiger charge is 2.27. The van der Waals surface area contributed by atoms with E-state index >= 15 is 0 Å². The van der Waals surface area contributed by atoms with Gasteiger partial charge in [0.15, 0.2) is 11.5 Å². The predicted molar refractivity (Wildman–Crippen MR) is 143 cm³/mol. The number of carbonyl (C=O) groups is 1. The highest BCUT2D eigenvalue weighted by molar-refractivity contribution is 5.98. The number of rotatable bonds is 6. The lowest BCUT2D eigenvalue weighted by molar-refractivity contribution is -0.122. The van der Waals surface area contributed by atoms with Gasteiger partial charge in [0, 0.05) is 37.6 Å². The van der Waals surface area contributed by atoms with Crippen LogP contribution in [0.2, 0.25) is 0 Å². The van der Waals surface area contributed by atoms with Crippen LogP contribution < -0.4 is 9.47 Å². The third kappa shape index (κ3) is 5.24. The van der Waals surface area contributed by atoms with Crippen molar-refractivity contribution in [3.8, 4) is 11.5 Å². The summed E-state index contributed by atoms with van der Waals surface area (Å²) in [5, 5.41) is 0. The van der Waals surface area contributed by atoms with Crippen molar-refractivity contribution in [1.29, 1.82) is 0 Å². The Labute approximate surface area is 215 Å². The van der Waals surface area contributed by atoms with Crippen molar-refractivity contribution in [2.45, 2.75) is 39.0 Å². The molecule has 2 fully saturated rings. The molecule has 1 aromatic carbocycles. The molecule has 4 heterocycles. The molecule has 0 aromatic heterocycles. The number of benzene rings is 1. The van der Waals surface area contributed by atoms with E-state index < -0.39 is 0 Å². The van der Waals surface area contributed by atoms with Crippen LogP contribution in [0.4, 0.5) is 0 Å². The second-order valence-corrected chi connectivity index (χ2v) is 10.5. The van der Waals surface area contributed by atoms with Crippen LogP contribution in [0, 0.1) is 11.8 Å². The molecule has 5 rings (SSSR count). The fourth-order valence-corrected chi connectivity index (χ4v) is 5.90. The monoisotopic (exact) mass is 489 g/mol. The van der Waals surface area contributed by atoms with Gasteiger partial charge in [-0.15, -0.1) is 0 Å². The molecular formula is C30H39N3O3. The lowest BCUT2D eigenvalue weighted by Gasteiger charge is -2.37. The number of hydrogen-bond donors (Lipinski definition) is 0. The number of fused-ring (bicyclic) bond motifs is 1. The van der Waals surface area contributed by atoms with E-state index in [4.69, 9.17) is 9.47 Å². The minimum absolute atomic E-state index is 0.0108. The first-order valence-electron chi connectivity index (χ1n) is 13.4. The van der Waals surface area contributed by atoms with Crippen LogP contribution in [-0.2, 0) is 4.79 Å². The van der Waals surface area contributed by atoms with E-state index in [2.05, 4.69) is 35.0 Å². The van der Waals surface area contributed by atoms with E-state index in [1.165, 1.54) is 45.3 Å². The molecule has 6 nitrogen and oxygen atoms in total. The van der Waals surface area contributed by atoms with E-state index in [1.807, 2.05) is 29.3 Å². The second-order valence-electron chi connectivity index (χ2n) is 10.5. The summed E-state index contributed by atoms with van der Waals surface area (Å²) in [4.78, 5) is 20.4. The van der Waals surface area contributed by atoms with Gasteiger partial charge in [0.25, 0.3) is 5.91 Å². The summed E-state index contributed by atoms with van der Waals surface area (Å²) in [5.74, 6) is 2.34. The van der Waals surface area contributed by atoms with Gasteiger partial charge in [-0.1, -0.05) is 19.1 Å². The molecule has 0 saturated carbocycles. The van der Waals surface area contributed by atoms with Gasteiger partial charge in [0.05, 0.1) is 19.9 Å². The summed E-state index contributed by atoms with van der Waals surface area (Å²) >= 11 is 0. The van der Waals surface area contributed by atoms with Crippen molar-refractivity contribution >= 4 is 11.5 Å². The van der Waals surface area contributed by atoms with Crippen LogP contribution in [0.5, 0.6) is 11.5 Å². The van der Waals surface area contributed by atoms with Gasteiger partial charge in [-0.3, -0.25) is 9.69 Å². The number of amides is 1. The Morgan fingerprint density at radius 1 is 0.944 bits per heavy atom. The Kier molecular flexibility index (Phi) is 7.51. The molecule has 6 heteroatoms. The average molecular weight is 490 g/mol. The lowest BCUT2D eigenvalue weighted by atomic mass is 9.89. The summed E-state index contributed by atoms with van der Waals surface area (Å²) in [6.45, 7) is 8.08. The molecule has 0 spiro atoms. The largest absolute Gasteiger partial charge is 0.493 e. The maximum atomic E-state index is 13.5. The molecule has 36 heavy (non-hydrogen) atoms. The maximum Gasteiger partial charge on any atom is 0.255 e. The van der Waals surface area contributed by atoms with Crippen molar-refractivity contribution in [1.82, 2.24) is 14.7 Å². The minimum Gasteiger partial charge on any atom is -0.493 e. The first-order valence-corrected chi connectivity index (χ1v) is 13.4.